The Morgan fingerprint density at radius 3 is 2.69 bits per heavy atom. The van der Waals surface area contributed by atoms with Crippen molar-refractivity contribution >= 4 is 41.9 Å². The Hall–Kier alpha value is 0.420. The molecule has 0 aliphatic heterocycles. The average molecular weight is 246 g/mol. The minimum atomic E-state index is -0.470. The Morgan fingerprint density at radius 1 is 1.62 bits per heavy atom. The van der Waals surface area contributed by atoms with Crippen molar-refractivity contribution in [2.24, 2.45) is 5.73 Å². The highest BCUT2D eigenvalue weighted by Crippen LogP contribution is 2.09. The van der Waals surface area contributed by atoms with E-state index in [0.29, 0.717) is 12.4 Å². The summed E-state index contributed by atoms with van der Waals surface area (Å²) in [4.78, 5) is 11.0. The Balaban J connectivity index is 0. The fraction of sp³-hybridized carbons (Fsp3) is 0.857. The molecule has 0 spiro atoms. The first kappa shape index (κ1) is 15.9. The Bertz CT molecular complexity index is 138. The zero-order chi connectivity index (χ0) is 9.40. The number of esters is 1. The quantitative estimate of drug-likeness (QED) is 0.435. The number of carbonyl (C=O) groups excluding carboxylic acids is 1. The van der Waals surface area contributed by atoms with Crippen LogP contribution >= 0.6 is 35.9 Å². The van der Waals surface area contributed by atoms with Gasteiger partial charge in [0.25, 0.3) is 0 Å². The van der Waals surface area contributed by atoms with Gasteiger partial charge in [-0.2, -0.15) is 11.8 Å². The maximum absolute atomic E-state index is 11.0. The lowest BCUT2D eigenvalue weighted by Crippen LogP contribution is -2.34. The van der Waals surface area contributed by atoms with E-state index in [1.54, 1.807) is 30.4 Å². The Labute approximate surface area is 93.9 Å². The van der Waals surface area contributed by atoms with Gasteiger partial charge in [-0.05, 0) is 13.2 Å². The highest BCUT2D eigenvalue weighted by molar-refractivity contribution is 8.15. The zero-order valence-electron chi connectivity index (χ0n) is 7.82. The van der Waals surface area contributed by atoms with Crippen LogP contribution in [-0.4, -0.2) is 35.7 Å². The van der Waals surface area contributed by atoms with Crippen LogP contribution in [0.4, 0.5) is 0 Å². The molecule has 0 saturated heterocycles. The highest BCUT2D eigenvalue weighted by Gasteiger charge is 2.13. The molecule has 0 bridgehead atoms. The number of nitrogens with two attached hydrogens (primary N) is 1. The molecule has 0 aliphatic carbocycles. The number of hydrogen-bond donors (Lipinski definition) is 1. The van der Waals surface area contributed by atoms with E-state index in [1.807, 2.05) is 6.26 Å². The van der Waals surface area contributed by atoms with E-state index in [1.165, 1.54) is 0 Å². The molecule has 0 heterocycles. The zero-order valence-corrected chi connectivity index (χ0v) is 10.3. The van der Waals surface area contributed by atoms with Crippen LogP contribution in [0.2, 0.25) is 0 Å². The maximum atomic E-state index is 11.0. The third-order valence-electron chi connectivity index (χ3n) is 1.09. The number of thioether (sulfide) groups is 2. The van der Waals surface area contributed by atoms with E-state index in [4.69, 9.17) is 10.5 Å². The summed E-state index contributed by atoms with van der Waals surface area (Å²) < 4.78 is 4.75. The molecular formula is C7H16ClNO2S2. The number of ether oxygens (including phenoxy) is 1. The number of halogens is 1. The molecule has 1 atom stereocenters. The lowest BCUT2D eigenvalue weighted by atomic mass is 10.4. The summed E-state index contributed by atoms with van der Waals surface area (Å²) in [5, 5.41) is 0.965. The van der Waals surface area contributed by atoms with Crippen molar-refractivity contribution in [2.75, 3.05) is 23.7 Å². The van der Waals surface area contributed by atoms with Gasteiger partial charge < -0.3 is 10.5 Å². The minimum absolute atomic E-state index is 0. The monoisotopic (exact) mass is 245 g/mol. The summed E-state index contributed by atoms with van der Waals surface area (Å²) in [5.74, 6) is 0.339. The van der Waals surface area contributed by atoms with Crippen LogP contribution in [0.15, 0.2) is 0 Å². The summed E-state index contributed by atoms with van der Waals surface area (Å²) >= 11 is 3.38. The molecule has 1 unspecified atom stereocenters. The van der Waals surface area contributed by atoms with Crippen LogP contribution in [0.3, 0.4) is 0 Å². The first-order valence-electron chi connectivity index (χ1n) is 3.71. The van der Waals surface area contributed by atoms with Crippen molar-refractivity contribution in [3.8, 4) is 0 Å². The van der Waals surface area contributed by atoms with Gasteiger partial charge in [0, 0.05) is 10.8 Å². The SMILES string of the molecule is CCOC(=O)C(N)CSCSC.Cl. The third kappa shape index (κ3) is 8.74. The van der Waals surface area contributed by atoms with Crippen molar-refractivity contribution in [3.05, 3.63) is 0 Å². The number of carbonyl (C=O) groups is 1. The molecule has 0 amide bonds. The second kappa shape index (κ2) is 10.5. The van der Waals surface area contributed by atoms with E-state index in [2.05, 4.69) is 0 Å². The van der Waals surface area contributed by atoms with Gasteiger partial charge in [0.15, 0.2) is 0 Å². The molecule has 3 nitrogen and oxygen atoms in total. The average Bonchev–Trinajstić information content (AvgIpc) is 2.05. The molecular weight excluding hydrogens is 230 g/mol. The number of hydrogen-bond acceptors (Lipinski definition) is 5. The van der Waals surface area contributed by atoms with Gasteiger partial charge in [0.2, 0.25) is 0 Å². The highest BCUT2D eigenvalue weighted by atomic mass is 35.5. The smallest absolute Gasteiger partial charge is 0.323 e. The minimum Gasteiger partial charge on any atom is -0.465 e. The summed E-state index contributed by atoms with van der Waals surface area (Å²) in [7, 11) is 0. The van der Waals surface area contributed by atoms with Gasteiger partial charge in [0.1, 0.15) is 6.04 Å². The Kier molecular flexibility index (Phi) is 12.8. The van der Waals surface area contributed by atoms with Gasteiger partial charge >= 0.3 is 5.97 Å². The molecule has 0 aromatic carbocycles. The topological polar surface area (TPSA) is 52.3 Å². The van der Waals surface area contributed by atoms with Crippen LogP contribution in [0.1, 0.15) is 6.92 Å². The molecule has 80 valence electrons. The maximum Gasteiger partial charge on any atom is 0.323 e. The van der Waals surface area contributed by atoms with Gasteiger partial charge in [-0.25, -0.2) is 0 Å². The molecule has 0 rings (SSSR count). The van der Waals surface area contributed by atoms with Crippen molar-refractivity contribution in [1.29, 1.82) is 0 Å². The molecule has 0 aliphatic rings. The molecule has 0 aromatic heterocycles. The molecule has 0 aromatic rings. The lowest BCUT2D eigenvalue weighted by Gasteiger charge is -2.08. The molecule has 2 N–H and O–H groups in total. The summed E-state index contributed by atoms with van der Waals surface area (Å²) in [6.07, 6.45) is 2.02. The molecule has 0 fully saturated rings. The first-order valence-corrected chi connectivity index (χ1v) is 6.26. The second-order valence-electron chi connectivity index (χ2n) is 2.14. The molecule has 13 heavy (non-hydrogen) atoms. The van der Waals surface area contributed by atoms with Crippen molar-refractivity contribution in [1.82, 2.24) is 0 Å². The fourth-order valence-electron chi connectivity index (χ4n) is 0.576. The van der Waals surface area contributed by atoms with Gasteiger partial charge in [-0.15, -0.1) is 24.2 Å². The van der Waals surface area contributed by atoms with Crippen molar-refractivity contribution in [3.63, 3.8) is 0 Å². The van der Waals surface area contributed by atoms with Gasteiger partial charge in [-0.1, -0.05) is 0 Å². The van der Waals surface area contributed by atoms with Crippen molar-refractivity contribution < 1.29 is 9.53 Å². The molecule has 6 heteroatoms. The number of rotatable bonds is 6. The van der Waals surface area contributed by atoms with Crippen LogP contribution in [-0.2, 0) is 9.53 Å². The summed E-state index contributed by atoms with van der Waals surface area (Å²) in [6.45, 7) is 2.18. The lowest BCUT2D eigenvalue weighted by molar-refractivity contribution is -0.144. The predicted molar refractivity (Wildman–Crippen MR) is 62.7 cm³/mol. The largest absolute Gasteiger partial charge is 0.465 e. The molecule has 0 saturated carbocycles. The van der Waals surface area contributed by atoms with E-state index in [-0.39, 0.29) is 18.4 Å². The van der Waals surface area contributed by atoms with Crippen LogP contribution in [0.25, 0.3) is 0 Å². The second-order valence-corrected chi connectivity index (χ2v) is 4.40. The molecule has 0 radical (unpaired) electrons. The fourth-order valence-corrected chi connectivity index (χ4v) is 2.02. The van der Waals surface area contributed by atoms with E-state index in [9.17, 15) is 4.79 Å². The van der Waals surface area contributed by atoms with E-state index in [0.717, 1.165) is 5.08 Å². The van der Waals surface area contributed by atoms with Gasteiger partial charge in [-0.3, -0.25) is 4.79 Å². The normalized spacial score (nSPS) is 11.6. The van der Waals surface area contributed by atoms with Crippen LogP contribution in [0.5, 0.6) is 0 Å². The predicted octanol–water partition coefficient (Wildman–Crippen LogP) is 1.35. The van der Waals surface area contributed by atoms with Crippen molar-refractivity contribution in [2.45, 2.75) is 13.0 Å². The van der Waals surface area contributed by atoms with E-state index < -0.39 is 6.04 Å². The Morgan fingerprint density at radius 2 is 2.23 bits per heavy atom. The summed E-state index contributed by atoms with van der Waals surface area (Å²) in [5.41, 5.74) is 5.54. The standard InChI is InChI=1S/C7H15NO2S2.ClH/c1-3-10-7(9)6(8)4-12-5-11-2;/h6H,3-5,8H2,1-2H3;1H. The third-order valence-corrected chi connectivity index (χ3v) is 3.29. The first-order chi connectivity index (χ1) is 5.72. The van der Waals surface area contributed by atoms with E-state index >= 15 is 0 Å². The summed E-state index contributed by atoms with van der Waals surface area (Å²) in [6, 6.07) is -0.470. The van der Waals surface area contributed by atoms with Crippen LogP contribution in [0, 0.1) is 0 Å². The van der Waals surface area contributed by atoms with Gasteiger partial charge in [0.05, 0.1) is 6.61 Å². The van der Waals surface area contributed by atoms with Crippen LogP contribution < -0.4 is 5.73 Å².